The van der Waals surface area contributed by atoms with Gasteiger partial charge in [0.1, 0.15) is 23.4 Å². The van der Waals surface area contributed by atoms with Crippen molar-refractivity contribution in [1.82, 2.24) is 15.5 Å². The third kappa shape index (κ3) is 11.7. The number of carbonyl (C=O) groups is 3. The first-order chi connectivity index (χ1) is 17.6. The molecule has 8 heteroatoms. The first-order valence-electron chi connectivity index (χ1n) is 14.0. The van der Waals surface area contributed by atoms with Crippen LogP contribution in [0.3, 0.4) is 0 Å². The summed E-state index contributed by atoms with van der Waals surface area (Å²) in [6.07, 6.45) is 5.36. The largest absolute Gasteiger partial charge is 0.508 e. The Morgan fingerprint density at radius 3 is 2.05 bits per heavy atom. The van der Waals surface area contributed by atoms with Crippen LogP contribution in [-0.4, -0.2) is 51.6 Å². The van der Waals surface area contributed by atoms with E-state index in [1.165, 1.54) is 11.0 Å². The highest BCUT2D eigenvalue weighted by Crippen LogP contribution is 2.31. The van der Waals surface area contributed by atoms with Crippen molar-refractivity contribution in [1.29, 1.82) is 0 Å². The minimum atomic E-state index is -1.07. The molecular weight excluding hydrogens is 482 g/mol. The standard InChI is InChI=1S/C30H51N3O5/c1-10-11-12-13-14-17-20-33(27(36)24(21(2)3)31-28(37)38-30(7,8)9)25(26(35)32-29(4,5)6)22-18-15-16-19-23(22)34/h15-16,18-19,21,24-25,34H,10-14,17,20H2,1-9H3,(H,31,37)(H,32,35). The molecule has 38 heavy (non-hydrogen) atoms. The average Bonchev–Trinajstić information content (AvgIpc) is 2.77. The fourth-order valence-corrected chi connectivity index (χ4v) is 4.16. The molecule has 0 radical (unpaired) electrons. The molecule has 0 aliphatic heterocycles. The number of aromatic hydroxyl groups is 1. The van der Waals surface area contributed by atoms with Gasteiger partial charge in [0.15, 0.2) is 0 Å². The monoisotopic (exact) mass is 533 g/mol. The molecule has 2 atom stereocenters. The lowest BCUT2D eigenvalue weighted by Crippen LogP contribution is -2.56. The molecule has 216 valence electrons. The van der Waals surface area contributed by atoms with Crippen LogP contribution in [0.5, 0.6) is 5.75 Å². The van der Waals surface area contributed by atoms with E-state index >= 15 is 0 Å². The summed E-state index contributed by atoms with van der Waals surface area (Å²) >= 11 is 0. The number of rotatable bonds is 13. The number of benzene rings is 1. The Labute approximate surface area is 229 Å². The zero-order chi connectivity index (χ0) is 29.1. The number of amides is 3. The average molecular weight is 534 g/mol. The van der Waals surface area contributed by atoms with Crippen LogP contribution in [0, 0.1) is 5.92 Å². The highest BCUT2D eigenvalue weighted by molar-refractivity contribution is 5.92. The van der Waals surface area contributed by atoms with Crippen LogP contribution in [-0.2, 0) is 14.3 Å². The smallest absolute Gasteiger partial charge is 0.408 e. The molecule has 1 rings (SSSR count). The second kappa shape index (κ2) is 15.0. The first-order valence-corrected chi connectivity index (χ1v) is 14.0. The van der Waals surface area contributed by atoms with Crippen LogP contribution in [0.4, 0.5) is 4.79 Å². The Hall–Kier alpha value is -2.77. The molecule has 0 bridgehead atoms. The van der Waals surface area contributed by atoms with Crippen LogP contribution >= 0.6 is 0 Å². The maximum absolute atomic E-state index is 14.1. The van der Waals surface area contributed by atoms with Crippen LogP contribution in [0.2, 0.25) is 0 Å². The van der Waals surface area contributed by atoms with Crippen molar-refractivity contribution in [3.05, 3.63) is 29.8 Å². The number of phenolic OH excluding ortho intramolecular Hbond substituents is 1. The number of unbranched alkanes of at least 4 members (excludes halogenated alkanes) is 5. The van der Waals surface area contributed by atoms with Gasteiger partial charge in [0.25, 0.3) is 0 Å². The molecule has 0 saturated carbocycles. The van der Waals surface area contributed by atoms with Crippen LogP contribution < -0.4 is 10.6 Å². The fraction of sp³-hybridized carbons (Fsp3) is 0.700. The predicted molar refractivity (Wildman–Crippen MR) is 152 cm³/mol. The van der Waals surface area contributed by atoms with Gasteiger partial charge in [-0.15, -0.1) is 0 Å². The molecule has 0 fully saturated rings. The number of nitrogens with zero attached hydrogens (tertiary/aromatic N) is 1. The minimum Gasteiger partial charge on any atom is -0.508 e. The second-order valence-corrected chi connectivity index (χ2v) is 12.4. The van der Waals surface area contributed by atoms with Crippen molar-refractivity contribution in [3.63, 3.8) is 0 Å². The Morgan fingerprint density at radius 2 is 1.53 bits per heavy atom. The lowest BCUT2D eigenvalue weighted by atomic mass is 9.97. The molecule has 0 aliphatic carbocycles. The van der Waals surface area contributed by atoms with Crippen molar-refractivity contribution in [2.24, 2.45) is 5.92 Å². The summed E-state index contributed by atoms with van der Waals surface area (Å²) in [5.41, 5.74) is -0.938. The van der Waals surface area contributed by atoms with Crippen molar-refractivity contribution in [2.45, 2.75) is 124 Å². The van der Waals surface area contributed by atoms with Gasteiger partial charge in [-0.25, -0.2) is 4.79 Å². The number of hydrogen-bond donors (Lipinski definition) is 3. The summed E-state index contributed by atoms with van der Waals surface area (Å²) in [7, 11) is 0. The highest BCUT2D eigenvalue weighted by Gasteiger charge is 2.39. The fourth-order valence-electron chi connectivity index (χ4n) is 4.16. The molecular formula is C30H51N3O5. The maximum Gasteiger partial charge on any atom is 0.408 e. The van der Waals surface area contributed by atoms with Crippen LogP contribution in [0.1, 0.15) is 112 Å². The van der Waals surface area contributed by atoms with Gasteiger partial charge in [0.2, 0.25) is 11.8 Å². The van der Waals surface area contributed by atoms with E-state index in [9.17, 15) is 19.5 Å². The first kappa shape index (κ1) is 33.3. The molecule has 0 aromatic heterocycles. The number of carbonyl (C=O) groups excluding carboxylic acids is 3. The second-order valence-electron chi connectivity index (χ2n) is 12.4. The van der Waals surface area contributed by atoms with E-state index in [2.05, 4.69) is 17.6 Å². The number of nitrogens with one attached hydrogen (secondary N) is 2. The van der Waals surface area contributed by atoms with E-state index in [1.807, 2.05) is 34.6 Å². The van der Waals surface area contributed by atoms with E-state index in [0.29, 0.717) is 18.5 Å². The number of ether oxygens (including phenoxy) is 1. The quantitative estimate of drug-likeness (QED) is 0.266. The number of para-hydroxylation sites is 1. The third-order valence-electron chi connectivity index (χ3n) is 5.93. The van der Waals surface area contributed by atoms with Crippen molar-refractivity contribution in [3.8, 4) is 5.75 Å². The van der Waals surface area contributed by atoms with Crippen molar-refractivity contribution >= 4 is 17.9 Å². The minimum absolute atomic E-state index is 0.0662. The van der Waals surface area contributed by atoms with Gasteiger partial charge in [-0.3, -0.25) is 9.59 Å². The Balaban J connectivity index is 3.46. The Kier molecular flexibility index (Phi) is 13.1. The van der Waals surface area contributed by atoms with Gasteiger partial charge >= 0.3 is 6.09 Å². The molecule has 3 amide bonds. The zero-order valence-corrected chi connectivity index (χ0v) is 25.0. The Bertz CT molecular complexity index is 902. The number of hydrogen-bond acceptors (Lipinski definition) is 5. The molecule has 1 aromatic carbocycles. The summed E-state index contributed by atoms with van der Waals surface area (Å²) in [6.45, 7) is 17.0. The highest BCUT2D eigenvalue weighted by atomic mass is 16.6. The van der Waals surface area contributed by atoms with E-state index in [1.54, 1.807) is 39.0 Å². The Morgan fingerprint density at radius 1 is 0.947 bits per heavy atom. The van der Waals surface area contributed by atoms with Crippen LogP contribution in [0.25, 0.3) is 0 Å². The van der Waals surface area contributed by atoms with Gasteiger partial charge in [-0.1, -0.05) is 71.1 Å². The molecule has 1 aromatic rings. The van der Waals surface area contributed by atoms with Gasteiger partial charge in [0, 0.05) is 17.6 Å². The SMILES string of the molecule is CCCCCCCCN(C(=O)C(NC(=O)OC(C)(C)C)C(C)C)C(C(=O)NC(C)(C)C)c1ccccc1O. The number of phenols is 1. The van der Waals surface area contributed by atoms with Gasteiger partial charge < -0.3 is 25.4 Å². The summed E-state index contributed by atoms with van der Waals surface area (Å²) in [5.74, 6) is -1.11. The number of alkyl carbamates (subject to hydrolysis) is 1. The van der Waals surface area contributed by atoms with E-state index in [-0.39, 0.29) is 11.7 Å². The predicted octanol–water partition coefficient (Wildman–Crippen LogP) is 6.09. The molecule has 0 heterocycles. The van der Waals surface area contributed by atoms with Crippen LogP contribution in [0.15, 0.2) is 24.3 Å². The summed E-state index contributed by atoms with van der Waals surface area (Å²) in [4.78, 5) is 42.0. The third-order valence-corrected chi connectivity index (χ3v) is 5.93. The van der Waals surface area contributed by atoms with E-state index < -0.39 is 41.1 Å². The van der Waals surface area contributed by atoms with E-state index in [4.69, 9.17) is 4.74 Å². The van der Waals surface area contributed by atoms with Gasteiger partial charge in [-0.05, 0) is 59.9 Å². The maximum atomic E-state index is 14.1. The summed E-state index contributed by atoms with van der Waals surface area (Å²) < 4.78 is 5.42. The lowest BCUT2D eigenvalue weighted by Gasteiger charge is -2.37. The van der Waals surface area contributed by atoms with Gasteiger partial charge in [-0.2, -0.15) is 0 Å². The van der Waals surface area contributed by atoms with Crippen molar-refractivity contribution in [2.75, 3.05) is 6.54 Å². The summed E-state index contributed by atoms with van der Waals surface area (Å²) in [5, 5.41) is 16.5. The molecule has 2 unspecified atom stereocenters. The summed E-state index contributed by atoms with van der Waals surface area (Å²) in [6, 6.07) is 4.60. The van der Waals surface area contributed by atoms with Gasteiger partial charge in [0.05, 0.1) is 0 Å². The topological polar surface area (TPSA) is 108 Å². The molecule has 3 N–H and O–H groups in total. The molecule has 0 spiro atoms. The van der Waals surface area contributed by atoms with E-state index in [0.717, 1.165) is 32.1 Å². The molecule has 8 nitrogen and oxygen atoms in total. The normalized spacial score (nSPS) is 13.5. The lowest BCUT2D eigenvalue weighted by molar-refractivity contribution is -0.144. The molecule has 0 aliphatic rings. The van der Waals surface area contributed by atoms with Crippen molar-refractivity contribution < 1.29 is 24.2 Å². The zero-order valence-electron chi connectivity index (χ0n) is 25.0. The molecule has 0 saturated heterocycles.